The normalized spacial score (nSPS) is 14.1. The predicted octanol–water partition coefficient (Wildman–Crippen LogP) is 9.30. The molecule has 3 aromatic carbocycles. The van der Waals surface area contributed by atoms with Crippen LogP contribution in [-0.2, 0) is 6.42 Å². The molecule has 0 saturated carbocycles. The highest BCUT2D eigenvalue weighted by Crippen LogP contribution is 2.36. The van der Waals surface area contributed by atoms with E-state index in [-0.39, 0.29) is 0 Å². The molecule has 4 nitrogen and oxygen atoms in total. The van der Waals surface area contributed by atoms with Gasteiger partial charge in [-0.1, -0.05) is 97.1 Å². The molecule has 0 unspecified atom stereocenters. The molecule has 0 fully saturated rings. The van der Waals surface area contributed by atoms with Crippen LogP contribution in [0.15, 0.2) is 119 Å². The molecular weight excluding hydrogens is 524 g/mol. The summed E-state index contributed by atoms with van der Waals surface area (Å²) in [6.07, 6.45) is 14.4. The van der Waals surface area contributed by atoms with Gasteiger partial charge in [-0.05, 0) is 68.8 Å². The van der Waals surface area contributed by atoms with E-state index in [4.69, 9.17) is 21.6 Å². The van der Waals surface area contributed by atoms with Gasteiger partial charge in [0.25, 0.3) is 0 Å². The molecule has 5 rings (SSSR count). The smallest absolute Gasteiger partial charge is 0.161 e. The van der Waals surface area contributed by atoms with Gasteiger partial charge < -0.3 is 4.57 Å². The topological polar surface area (TPSA) is 42.0 Å². The van der Waals surface area contributed by atoms with Gasteiger partial charge in [-0.3, -0.25) is 4.99 Å². The second-order valence-corrected chi connectivity index (χ2v) is 10.1. The Morgan fingerprint density at radius 2 is 1.83 bits per heavy atom. The molecule has 5 heteroatoms. The average molecular weight is 557 g/mol. The van der Waals surface area contributed by atoms with Gasteiger partial charge in [0.2, 0.25) is 0 Å². The maximum absolute atomic E-state index is 6.80. The van der Waals surface area contributed by atoms with E-state index in [9.17, 15) is 0 Å². The van der Waals surface area contributed by atoms with Crippen LogP contribution >= 0.6 is 11.6 Å². The van der Waals surface area contributed by atoms with E-state index in [0.717, 1.165) is 46.3 Å². The Labute approximate surface area is 247 Å². The molecule has 0 saturated heterocycles. The first-order valence-corrected chi connectivity index (χ1v) is 14.2. The highest BCUT2D eigenvalue weighted by atomic mass is 35.5. The van der Waals surface area contributed by atoms with E-state index in [1.165, 1.54) is 16.6 Å². The Bertz CT molecular complexity index is 1760. The molecule has 0 aliphatic heterocycles. The summed E-state index contributed by atoms with van der Waals surface area (Å²) >= 11 is 6.80. The molecule has 1 aliphatic rings. The zero-order valence-electron chi connectivity index (χ0n) is 23.5. The van der Waals surface area contributed by atoms with Gasteiger partial charge in [-0.15, -0.1) is 0 Å². The van der Waals surface area contributed by atoms with Gasteiger partial charge >= 0.3 is 0 Å². The number of nitrogens with zero attached hydrogens (tertiary/aromatic N) is 4. The Balaban J connectivity index is 1.72. The molecule has 41 heavy (non-hydrogen) atoms. The SMILES string of the molecule is C=C/C=C(\C=C/C)c1ccc2c3c(n(-c4cc(Cl)cc(C(=NCC)N=C(N=C)c5ccccc5)c4)c2c1)CCC=C3. The van der Waals surface area contributed by atoms with Crippen molar-refractivity contribution in [2.24, 2.45) is 15.0 Å². The van der Waals surface area contributed by atoms with Crippen molar-refractivity contribution in [3.8, 4) is 5.69 Å². The summed E-state index contributed by atoms with van der Waals surface area (Å²) in [7, 11) is 0. The number of aromatic nitrogens is 1. The molecule has 0 radical (unpaired) electrons. The van der Waals surface area contributed by atoms with E-state index in [1.807, 2.05) is 74.5 Å². The number of allylic oxidation sites excluding steroid dienone is 6. The highest BCUT2D eigenvalue weighted by Gasteiger charge is 2.20. The monoisotopic (exact) mass is 556 g/mol. The molecule has 0 bridgehead atoms. The maximum atomic E-state index is 6.80. The number of amidine groups is 2. The van der Waals surface area contributed by atoms with Gasteiger partial charge in [0.15, 0.2) is 11.7 Å². The van der Waals surface area contributed by atoms with Crippen molar-refractivity contribution in [1.29, 1.82) is 0 Å². The minimum atomic E-state index is 0.517. The van der Waals surface area contributed by atoms with E-state index in [0.29, 0.717) is 23.2 Å². The fraction of sp³-hybridized carbons (Fsp3) is 0.139. The Hall–Kier alpha value is -4.54. The lowest BCUT2D eigenvalue weighted by Gasteiger charge is -2.15. The summed E-state index contributed by atoms with van der Waals surface area (Å²) in [6, 6.07) is 22.5. The molecule has 0 amide bonds. The summed E-state index contributed by atoms with van der Waals surface area (Å²) < 4.78 is 2.34. The van der Waals surface area contributed by atoms with Crippen LogP contribution in [0.3, 0.4) is 0 Å². The van der Waals surface area contributed by atoms with Crippen molar-refractivity contribution in [1.82, 2.24) is 4.57 Å². The Morgan fingerprint density at radius 3 is 2.56 bits per heavy atom. The third-order valence-electron chi connectivity index (χ3n) is 7.02. The molecule has 0 N–H and O–H groups in total. The van der Waals surface area contributed by atoms with E-state index >= 15 is 0 Å². The van der Waals surface area contributed by atoms with Crippen molar-refractivity contribution in [3.63, 3.8) is 0 Å². The minimum Gasteiger partial charge on any atom is -0.313 e. The van der Waals surface area contributed by atoms with Gasteiger partial charge in [-0.25, -0.2) is 9.98 Å². The second-order valence-electron chi connectivity index (χ2n) is 9.68. The molecule has 1 heterocycles. The number of halogens is 1. The number of rotatable bonds is 7. The number of hydrogen-bond acceptors (Lipinski definition) is 1. The molecular formula is C36H33ClN4. The van der Waals surface area contributed by atoms with Crippen LogP contribution in [0.25, 0.3) is 28.2 Å². The Kier molecular flexibility index (Phi) is 8.71. The molecule has 0 spiro atoms. The fourth-order valence-corrected chi connectivity index (χ4v) is 5.53. The third kappa shape index (κ3) is 5.84. The van der Waals surface area contributed by atoms with Crippen LogP contribution in [0.2, 0.25) is 5.02 Å². The number of hydrogen-bond donors (Lipinski definition) is 0. The first-order valence-electron chi connectivity index (χ1n) is 13.8. The lowest BCUT2D eigenvalue weighted by Crippen LogP contribution is -2.08. The minimum absolute atomic E-state index is 0.517. The third-order valence-corrected chi connectivity index (χ3v) is 7.24. The first kappa shape index (κ1) is 28.0. The summed E-state index contributed by atoms with van der Waals surface area (Å²) in [5, 5.41) is 1.82. The summed E-state index contributed by atoms with van der Waals surface area (Å²) in [5.41, 5.74) is 8.55. The van der Waals surface area contributed by atoms with Gasteiger partial charge in [0.1, 0.15) is 0 Å². The summed E-state index contributed by atoms with van der Waals surface area (Å²) in [5.74, 6) is 1.08. The molecule has 204 valence electrons. The fourth-order valence-electron chi connectivity index (χ4n) is 5.30. The van der Waals surface area contributed by atoms with Gasteiger partial charge in [0, 0.05) is 45.0 Å². The van der Waals surface area contributed by atoms with Crippen LogP contribution in [0.1, 0.15) is 48.2 Å². The number of fused-ring (bicyclic) bond motifs is 3. The maximum Gasteiger partial charge on any atom is 0.161 e. The van der Waals surface area contributed by atoms with Crippen LogP contribution < -0.4 is 0 Å². The second kappa shape index (κ2) is 12.8. The van der Waals surface area contributed by atoms with Crippen molar-refractivity contribution in [3.05, 3.63) is 137 Å². The quantitative estimate of drug-likeness (QED) is 0.124. The standard InChI is InChI=1S/C36H33ClN4/c1-5-13-25(14-6-2)27-19-20-32-31-17-11-12-18-33(31)41(34(32)23-27)30-22-28(21-29(37)24-30)36(39-7-3)40-35(38-4)26-15-9-8-10-16-26/h5-6,8-11,13-17,19-24H,1,4,7,12,18H2,2-3H3/b14-6-,25-13+,39-36?,40-35?. The predicted molar refractivity (Wildman–Crippen MR) is 178 cm³/mol. The van der Waals surface area contributed by atoms with Crippen molar-refractivity contribution < 1.29 is 0 Å². The zero-order chi connectivity index (χ0) is 28.8. The highest BCUT2D eigenvalue weighted by molar-refractivity contribution is 6.31. The zero-order valence-corrected chi connectivity index (χ0v) is 24.3. The van der Waals surface area contributed by atoms with Crippen molar-refractivity contribution in [2.75, 3.05) is 6.54 Å². The van der Waals surface area contributed by atoms with E-state index in [2.05, 4.69) is 65.3 Å². The number of benzene rings is 3. The molecule has 1 aliphatic carbocycles. The van der Waals surface area contributed by atoms with Crippen LogP contribution in [0.5, 0.6) is 0 Å². The van der Waals surface area contributed by atoms with Crippen LogP contribution in [-0.4, -0.2) is 29.5 Å². The lowest BCUT2D eigenvalue weighted by atomic mass is 9.99. The van der Waals surface area contributed by atoms with Gasteiger partial charge in [-0.2, -0.15) is 0 Å². The van der Waals surface area contributed by atoms with E-state index < -0.39 is 0 Å². The van der Waals surface area contributed by atoms with Crippen LogP contribution in [0.4, 0.5) is 0 Å². The lowest BCUT2D eigenvalue weighted by molar-refractivity contribution is 0.888. The molecule has 1 aromatic heterocycles. The van der Waals surface area contributed by atoms with Crippen molar-refractivity contribution >= 4 is 52.5 Å². The Morgan fingerprint density at radius 1 is 1.00 bits per heavy atom. The van der Waals surface area contributed by atoms with Crippen molar-refractivity contribution in [2.45, 2.75) is 26.7 Å². The summed E-state index contributed by atoms with van der Waals surface area (Å²) in [6.45, 7) is 12.3. The van der Waals surface area contributed by atoms with E-state index in [1.54, 1.807) is 0 Å². The molecule has 4 aromatic rings. The number of aliphatic imine (C=N–C) groups is 3. The average Bonchev–Trinajstić information content (AvgIpc) is 3.33. The first-order chi connectivity index (χ1) is 20.1. The molecule has 0 atom stereocenters. The van der Waals surface area contributed by atoms with Crippen LogP contribution in [0, 0.1) is 0 Å². The largest absolute Gasteiger partial charge is 0.313 e. The summed E-state index contributed by atoms with van der Waals surface area (Å²) in [4.78, 5) is 13.8. The van der Waals surface area contributed by atoms with Gasteiger partial charge in [0.05, 0.1) is 5.52 Å².